The van der Waals surface area contributed by atoms with Crippen LogP contribution in [0.25, 0.3) is 11.5 Å². The van der Waals surface area contributed by atoms with Gasteiger partial charge in [-0.05, 0) is 18.2 Å². The molecule has 2 heterocycles. The van der Waals surface area contributed by atoms with Gasteiger partial charge in [0.15, 0.2) is 5.76 Å². The second-order valence-corrected chi connectivity index (χ2v) is 3.46. The lowest BCUT2D eigenvalue weighted by molar-refractivity contribution is -0.183. The first kappa shape index (κ1) is 11.7. The molecule has 0 aliphatic heterocycles. The standard InChI is InChI=1S/C10H8F4N2O/c1-16-7(8-3-2-4-17-8)5-6(15-16)9(11)10(12,13)14/h2-5,9H,1H3. The van der Waals surface area contributed by atoms with Crippen LogP contribution in [0.2, 0.25) is 0 Å². The van der Waals surface area contributed by atoms with Crippen molar-refractivity contribution in [3.05, 3.63) is 30.2 Å². The van der Waals surface area contributed by atoms with Gasteiger partial charge in [0, 0.05) is 7.05 Å². The highest BCUT2D eigenvalue weighted by atomic mass is 19.4. The van der Waals surface area contributed by atoms with Crippen molar-refractivity contribution in [2.75, 3.05) is 0 Å². The molecule has 2 aromatic heterocycles. The third kappa shape index (κ3) is 2.17. The van der Waals surface area contributed by atoms with Gasteiger partial charge in [0.25, 0.3) is 0 Å². The van der Waals surface area contributed by atoms with Gasteiger partial charge < -0.3 is 4.42 Å². The number of nitrogens with zero attached hydrogens (tertiary/aromatic N) is 2. The first-order valence-corrected chi connectivity index (χ1v) is 4.68. The number of rotatable bonds is 2. The number of hydrogen-bond acceptors (Lipinski definition) is 2. The minimum atomic E-state index is -4.95. The van der Waals surface area contributed by atoms with Crippen molar-refractivity contribution in [3.8, 4) is 11.5 Å². The van der Waals surface area contributed by atoms with Gasteiger partial charge in [-0.2, -0.15) is 18.3 Å². The van der Waals surface area contributed by atoms with Crippen LogP contribution in [0.15, 0.2) is 28.9 Å². The Morgan fingerprint density at radius 3 is 2.65 bits per heavy atom. The van der Waals surface area contributed by atoms with Gasteiger partial charge in [0.05, 0.1) is 6.26 Å². The molecule has 0 amide bonds. The van der Waals surface area contributed by atoms with Crippen molar-refractivity contribution in [2.45, 2.75) is 12.3 Å². The van der Waals surface area contributed by atoms with Crippen LogP contribution < -0.4 is 0 Å². The van der Waals surface area contributed by atoms with Crippen molar-refractivity contribution >= 4 is 0 Å². The molecule has 0 aromatic carbocycles. The molecule has 92 valence electrons. The molecule has 17 heavy (non-hydrogen) atoms. The molecule has 0 N–H and O–H groups in total. The molecule has 0 aliphatic rings. The van der Waals surface area contributed by atoms with E-state index in [2.05, 4.69) is 5.10 Å². The highest BCUT2D eigenvalue weighted by Crippen LogP contribution is 2.36. The van der Waals surface area contributed by atoms with Gasteiger partial charge in [0.1, 0.15) is 11.4 Å². The molecule has 0 spiro atoms. The molecular formula is C10H8F4N2O. The second kappa shape index (κ2) is 3.90. The lowest BCUT2D eigenvalue weighted by Gasteiger charge is -2.08. The molecular weight excluding hydrogens is 240 g/mol. The lowest BCUT2D eigenvalue weighted by atomic mass is 10.2. The van der Waals surface area contributed by atoms with Crippen LogP contribution in [0.5, 0.6) is 0 Å². The fourth-order valence-electron chi connectivity index (χ4n) is 1.44. The maximum Gasteiger partial charge on any atom is 0.425 e. The summed E-state index contributed by atoms with van der Waals surface area (Å²) in [7, 11) is 1.42. The van der Waals surface area contributed by atoms with Crippen LogP contribution in [0.1, 0.15) is 11.9 Å². The lowest BCUT2D eigenvalue weighted by Crippen LogP contribution is -2.17. The Balaban J connectivity index is 2.38. The quantitative estimate of drug-likeness (QED) is 0.764. The minimum Gasteiger partial charge on any atom is -0.463 e. The fraction of sp³-hybridized carbons (Fsp3) is 0.300. The number of aryl methyl sites for hydroxylation is 1. The van der Waals surface area contributed by atoms with Crippen molar-refractivity contribution in [2.24, 2.45) is 7.05 Å². The first-order valence-electron chi connectivity index (χ1n) is 4.68. The molecule has 0 aliphatic carbocycles. The largest absolute Gasteiger partial charge is 0.463 e. The smallest absolute Gasteiger partial charge is 0.425 e. The van der Waals surface area contributed by atoms with Crippen LogP contribution in [0, 0.1) is 0 Å². The molecule has 2 aromatic rings. The molecule has 7 heteroatoms. The summed E-state index contributed by atoms with van der Waals surface area (Å²) in [6, 6.07) is 4.16. The normalized spacial score (nSPS) is 13.9. The Hall–Kier alpha value is -1.79. The molecule has 2 rings (SSSR count). The van der Waals surface area contributed by atoms with E-state index in [1.807, 2.05) is 0 Å². The number of hydrogen-bond donors (Lipinski definition) is 0. The predicted octanol–water partition coefficient (Wildman–Crippen LogP) is 3.25. The molecule has 1 unspecified atom stereocenters. The van der Waals surface area contributed by atoms with E-state index >= 15 is 0 Å². The Bertz CT molecular complexity index is 501. The van der Waals surface area contributed by atoms with Gasteiger partial charge in [-0.3, -0.25) is 4.68 Å². The monoisotopic (exact) mass is 248 g/mol. The van der Waals surface area contributed by atoms with Gasteiger partial charge in [-0.15, -0.1) is 0 Å². The van der Waals surface area contributed by atoms with Crippen molar-refractivity contribution in [1.82, 2.24) is 9.78 Å². The molecule has 0 fully saturated rings. The minimum absolute atomic E-state index is 0.289. The van der Waals surface area contributed by atoms with E-state index in [0.29, 0.717) is 5.76 Å². The summed E-state index contributed by atoms with van der Waals surface area (Å²) in [5, 5.41) is 3.49. The molecule has 0 bridgehead atoms. The first-order chi connectivity index (χ1) is 7.89. The maximum atomic E-state index is 13.0. The predicted molar refractivity (Wildman–Crippen MR) is 50.8 cm³/mol. The average molecular weight is 248 g/mol. The highest BCUT2D eigenvalue weighted by Gasteiger charge is 2.43. The Morgan fingerprint density at radius 1 is 1.41 bits per heavy atom. The van der Waals surface area contributed by atoms with E-state index in [0.717, 1.165) is 10.7 Å². The molecule has 0 saturated carbocycles. The summed E-state index contributed by atoms with van der Waals surface area (Å²) in [4.78, 5) is 0. The van der Waals surface area contributed by atoms with Crippen molar-refractivity contribution in [3.63, 3.8) is 0 Å². The summed E-state index contributed by atoms with van der Waals surface area (Å²) in [6.45, 7) is 0. The number of furan rings is 1. The van der Waals surface area contributed by atoms with Gasteiger partial charge in [-0.25, -0.2) is 4.39 Å². The Morgan fingerprint density at radius 2 is 2.12 bits per heavy atom. The zero-order chi connectivity index (χ0) is 12.6. The third-order valence-electron chi connectivity index (χ3n) is 2.22. The summed E-state index contributed by atoms with van der Waals surface area (Å²) in [6.07, 6.45) is -6.66. The van der Waals surface area contributed by atoms with E-state index in [9.17, 15) is 17.6 Å². The number of halogens is 4. The van der Waals surface area contributed by atoms with Crippen LogP contribution in [0.3, 0.4) is 0 Å². The molecule has 3 nitrogen and oxygen atoms in total. The van der Waals surface area contributed by atoms with E-state index in [-0.39, 0.29) is 5.69 Å². The summed E-state index contributed by atoms with van der Waals surface area (Å²) in [5.74, 6) is 0.334. The van der Waals surface area contributed by atoms with Crippen LogP contribution in [-0.4, -0.2) is 16.0 Å². The van der Waals surface area contributed by atoms with Crippen molar-refractivity contribution in [1.29, 1.82) is 0 Å². The number of aromatic nitrogens is 2. The van der Waals surface area contributed by atoms with Crippen LogP contribution in [0.4, 0.5) is 17.6 Å². The molecule has 1 atom stereocenters. The average Bonchev–Trinajstić information content (AvgIpc) is 2.83. The SMILES string of the molecule is Cn1nc(C(F)C(F)(F)F)cc1-c1ccco1. The summed E-state index contributed by atoms with van der Waals surface area (Å²) in [5.41, 5.74) is -0.386. The second-order valence-electron chi connectivity index (χ2n) is 3.46. The van der Waals surface area contributed by atoms with E-state index in [1.165, 1.54) is 13.3 Å². The topological polar surface area (TPSA) is 31.0 Å². The van der Waals surface area contributed by atoms with E-state index in [1.54, 1.807) is 12.1 Å². The fourth-order valence-corrected chi connectivity index (χ4v) is 1.44. The molecule has 0 radical (unpaired) electrons. The zero-order valence-corrected chi connectivity index (χ0v) is 8.70. The highest BCUT2D eigenvalue weighted by molar-refractivity contribution is 5.53. The Kier molecular flexibility index (Phi) is 2.68. The third-order valence-corrected chi connectivity index (χ3v) is 2.22. The maximum absolute atomic E-state index is 13.0. The Labute approximate surface area is 93.6 Å². The number of alkyl halides is 4. The van der Waals surface area contributed by atoms with Crippen LogP contribution >= 0.6 is 0 Å². The van der Waals surface area contributed by atoms with Crippen LogP contribution in [-0.2, 0) is 7.05 Å². The van der Waals surface area contributed by atoms with E-state index in [4.69, 9.17) is 4.42 Å². The van der Waals surface area contributed by atoms with Gasteiger partial charge >= 0.3 is 6.18 Å². The summed E-state index contributed by atoms with van der Waals surface area (Å²) >= 11 is 0. The molecule has 0 saturated heterocycles. The van der Waals surface area contributed by atoms with Gasteiger partial charge in [0.2, 0.25) is 6.17 Å². The summed E-state index contributed by atoms with van der Waals surface area (Å²) < 4.78 is 55.7. The zero-order valence-electron chi connectivity index (χ0n) is 8.70. The van der Waals surface area contributed by atoms with E-state index < -0.39 is 18.0 Å². The van der Waals surface area contributed by atoms with Crippen molar-refractivity contribution < 1.29 is 22.0 Å². The van der Waals surface area contributed by atoms with Gasteiger partial charge in [-0.1, -0.05) is 0 Å².